The zero-order valence-corrected chi connectivity index (χ0v) is 22.2. The van der Waals surface area contributed by atoms with E-state index in [1.54, 1.807) is 21.1 Å². The number of rotatable bonds is 6. The van der Waals surface area contributed by atoms with Crippen molar-refractivity contribution in [2.24, 2.45) is 17.1 Å². The minimum atomic E-state index is -0.496. The van der Waals surface area contributed by atoms with Gasteiger partial charge in [-0.15, -0.1) is 11.3 Å². The van der Waals surface area contributed by atoms with Crippen LogP contribution in [0.2, 0.25) is 0 Å². The number of nitro groups is 1. The van der Waals surface area contributed by atoms with Gasteiger partial charge in [-0.3, -0.25) is 19.6 Å². The van der Waals surface area contributed by atoms with Crippen molar-refractivity contribution in [1.29, 1.82) is 0 Å². The molecule has 0 fully saturated rings. The molecule has 12 heteroatoms. The lowest BCUT2D eigenvalue weighted by molar-refractivity contribution is -0.385. The molecule has 40 heavy (non-hydrogen) atoms. The minimum absolute atomic E-state index is 0.00944. The molecule has 0 spiro atoms. The molecule has 3 heterocycles. The van der Waals surface area contributed by atoms with Gasteiger partial charge in [-0.1, -0.05) is 48.5 Å². The number of hydrogen-bond acceptors (Lipinski definition) is 8. The second-order valence-corrected chi connectivity index (χ2v) is 9.71. The second kappa shape index (κ2) is 10.2. The highest BCUT2D eigenvalue weighted by molar-refractivity contribution is 7.07. The van der Waals surface area contributed by atoms with E-state index < -0.39 is 4.92 Å². The van der Waals surface area contributed by atoms with Gasteiger partial charge in [0.05, 0.1) is 39.8 Å². The number of para-hydroxylation sites is 1. The first-order valence-electron chi connectivity index (χ1n) is 12.2. The zero-order valence-electron chi connectivity index (χ0n) is 21.4. The van der Waals surface area contributed by atoms with Crippen LogP contribution in [0.25, 0.3) is 16.9 Å². The van der Waals surface area contributed by atoms with E-state index >= 15 is 0 Å². The summed E-state index contributed by atoms with van der Waals surface area (Å²) < 4.78 is 15.6. The molecule has 0 aliphatic carbocycles. The number of thiazole rings is 1. The second-order valence-electron chi connectivity index (χ2n) is 8.87. The Morgan fingerprint density at radius 3 is 2.40 bits per heavy atom. The van der Waals surface area contributed by atoms with Crippen LogP contribution in [0.15, 0.2) is 93.1 Å². The Kier molecular flexibility index (Phi) is 6.36. The van der Waals surface area contributed by atoms with Crippen molar-refractivity contribution in [2.45, 2.75) is 6.92 Å². The van der Waals surface area contributed by atoms with E-state index in [0.29, 0.717) is 27.7 Å². The van der Waals surface area contributed by atoms with Gasteiger partial charge in [-0.05, 0) is 25.1 Å². The molecule has 0 N–H and O–H groups in total. The number of nitro benzene ring substituents is 1. The number of fused-ring (bicyclic) bond motifs is 1. The van der Waals surface area contributed by atoms with E-state index in [1.165, 1.54) is 29.7 Å². The fourth-order valence-electron chi connectivity index (χ4n) is 4.40. The van der Waals surface area contributed by atoms with Crippen LogP contribution in [0.1, 0.15) is 11.3 Å². The van der Waals surface area contributed by atoms with Gasteiger partial charge in [-0.2, -0.15) is 5.10 Å². The molecular formula is C28H22N6O5S. The first-order chi connectivity index (χ1) is 19.4. The molecule has 3 aromatic carbocycles. The summed E-state index contributed by atoms with van der Waals surface area (Å²) in [6.07, 6.45) is 1.39. The molecule has 0 saturated carbocycles. The van der Waals surface area contributed by atoms with Crippen LogP contribution in [0.4, 0.5) is 11.4 Å². The van der Waals surface area contributed by atoms with E-state index in [-0.39, 0.29) is 29.3 Å². The summed E-state index contributed by atoms with van der Waals surface area (Å²) in [4.78, 5) is 30.0. The molecule has 0 radical (unpaired) electrons. The molecule has 0 bridgehead atoms. The fourth-order valence-corrected chi connectivity index (χ4v) is 5.25. The average molecular weight is 555 g/mol. The van der Waals surface area contributed by atoms with Gasteiger partial charge in [0.15, 0.2) is 17.2 Å². The predicted octanol–water partition coefficient (Wildman–Crippen LogP) is 4.77. The van der Waals surface area contributed by atoms with Crippen molar-refractivity contribution in [1.82, 2.24) is 14.0 Å². The van der Waals surface area contributed by atoms with Crippen molar-refractivity contribution in [2.75, 3.05) is 6.79 Å². The van der Waals surface area contributed by atoms with Gasteiger partial charge in [-0.25, -0.2) is 14.4 Å². The number of hydrogen-bond donors (Lipinski definition) is 0. The van der Waals surface area contributed by atoms with Crippen LogP contribution in [0.5, 0.6) is 11.5 Å². The van der Waals surface area contributed by atoms with Crippen LogP contribution in [0, 0.1) is 17.0 Å². The normalized spacial score (nSPS) is 12.9. The smallest absolute Gasteiger partial charge is 0.297 e. The van der Waals surface area contributed by atoms with Gasteiger partial charge >= 0.3 is 0 Å². The van der Waals surface area contributed by atoms with Crippen LogP contribution in [0.3, 0.4) is 0 Å². The Balaban J connectivity index is 1.53. The van der Waals surface area contributed by atoms with Crippen molar-refractivity contribution in [3.63, 3.8) is 0 Å². The van der Waals surface area contributed by atoms with Crippen LogP contribution >= 0.6 is 11.3 Å². The van der Waals surface area contributed by atoms with Crippen molar-refractivity contribution in [3.8, 4) is 28.4 Å². The van der Waals surface area contributed by atoms with Gasteiger partial charge in [0.25, 0.3) is 11.2 Å². The molecule has 0 atom stereocenters. The summed E-state index contributed by atoms with van der Waals surface area (Å²) in [5.41, 5.74) is 3.02. The van der Waals surface area contributed by atoms with Crippen molar-refractivity contribution in [3.05, 3.63) is 115 Å². The average Bonchev–Trinajstić information content (AvgIpc) is 3.65. The summed E-state index contributed by atoms with van der Waals surface area (Å²) in [7, 11) is 1.80. The number of benzene rings is 3. The highest BCUT2D eigenvalue weighted by Gasteiger charge is 2.23. The standard InChI is InChI=1S/C28H22N6O5S/c1-18-26(27(35)33(31(18)2)21-11-7-4-8-12-21)30-28-32(23(16-40-28)19-9-5-3-6-10-19)29-15-20-13-24-25(39-17-38-24)14-22(20)34(36)37/h3-16H,17H2,1-2H3. The summed E-state index contributed by atoms with van der Waals surface area (Å²) in [6.45, 7) is 1.82. The molecule has 200 valence electrons. The topological polar surface area (TPSA) is 118 Å². The highest BCUT2D eigenvalue weighted by atomic mass is 32.1. The number of ether oxygens (including phenoxy) is 2. The first kappa shape index (κ1) is 25.1. The summed E-state index contributed by atoms with van der Waals surface area (Å²) >= 11 is 1.31. The largest absolute Gasteiger partial charge is 0.454 e. The zero-order chi connectivity index (χ0) is 27.8. The lowest BCUT2D eigenvalue weighted by atomic mass is 10.1. The Hall–Kier alpha value is -5.23. The van der Waals surface area contributed by atoms with E-state index in [9.17, 15) is 14.9 Å². The molecule has 1 aliphatic heterocycles. The van der Waals surface area contributed by atoms with Crippen molar-refractivity contribution >= 4 is 28.9 Å². The Morgan fingerprint density at radius 1 is 1.02 bits per heavy atom. The maximum atomic E-state index is 13.5. The molecule has 0 amide bonds. The lowest BCUT2D eigenvalue weighted by Gasteiger charge is -2.07. The molecule has 0 saturated heterocycles. The van der Waals surface area contributed by atoms with Crippen molar-refractivity contribution < 1.29 is 14.4 Å². The first-order valence-corrected chi connectivity index (χ1v) is 13.1. The number of aromatic nitrogens is 3. The third-order valence-electron chi connectivity index (χ3n) is 6.52. The minimum Gasteiger partial charge on any atom is -0.454 e. The molecule has 0 unspecified atom stereocenters. The van der Waals surface area contributed by atoms with Crippen LogP contribution < -0.4 is 19.8 Å². The van der Waals surface area contributed by atoms with Gasteiger partial charge < -0.3 is 9.47 Å². The van der Waals surface area contributed by atoms with E-state index in [0.717, 1.165) is 11.3 Å². The monoisotopic (exact) mass is 554 g/mol. The molecule has 5 aromatic rings. The molecule has 1 aliphatic rings. The third kappa shape index (κ3) is 4.39. The maximum Gasteiger partial charge on any atom is 0.297 e. The van der Waals surface area contributed by atoms with E-state index in [4.69, 9.17) is 14.5 Å². The van der Waals surface area contributed by atoms with E-state index in [1.807, 2.05) is 73.0 Å². The van der Waals surface area contributed by atoms with Crippen LogP contribution in [-0.2, 0) is 7.05 Å². The molecule has 11 nitrogen and oxygen atoms in total. The summed E-state index contributed by atoms with van der Waals surface area (Å²) in [6, 6.07) is 21.7. The Bertz CT molecular complexity index is 1900. The van der Waals surface area contributed by atoms with E-state index in [2.05, 4.69) is 5.10 Å². The maximum absolute atomic E-state index is 13.5. The number of nitrogens with zero attached hydrogens (tertiary/aromatic N) is 6. The van der Waals surface area contributed by atoms with Crippen LogP contribution in [-0.4, -0.2) is 32.0 Å². The Labute approximate surface area is 231 Å². The molecule has 6 rings (SSSR count). The lowest BCUT2D eigenvalue weighted by Crippen LogP contribution is -2.19. The summed E-state index contributed by atoms with van der Waals surface area (Å²) in [5.74, 6) is 0.707. The van der Waals surface area contributed by atoms with Gasteiger partial charge in [0, 0.05) is 18.0 Å². The molecule has 2 aromatic heterocycles. The Morgan fingerprint density at radius 2 is 1.70 bits per heavy atom. The SMILES string of the molecule is Cc1c(N=c2scc(-c3ccccc3)n2N=Cc2cc3c(cc2[N+](=O)[O-])OCO3)c(=O)n(-c2ccccc2)n1C. The predicted molar refractivity (Wildman–Crippen MR) is 151 cm³/mol. The quantitative estimate of drug-likeness (QED) is 0.170. The van der Waals surface area contributed by atoms with Gasteiger partial charge in [0.2, 0.25) is 11.6 Å². The molecular weight excluding hydrogens is 532 g/mol. The highest BCUT2D eigenvalue weighted by Crippen LogP contribution is 2.37. The summed E-state index contributed by atoms with van der Waals surface area (Å²) in [5, 5.41) is 18.3. The third-order valence-corrected chi connectivity index (χ3v) is 7.33. The van der Waals surface area contributed by atoms with Gasteiger partial charge in [0.1, 0.15) is 0 Å². The fraction of sp³-hybridized carbons (Fsp3) is 0.107.